The van der Waals surface area contributed by atoms with E-state index in [1.165, 1.54) is 12.1 Å². The number of benzene rings is 1. The molecule has 0 saturated carbocycles. The number of aryl methyl sites for hydroxylation is 2. The fourth-order valence-corrected chi connectivity index (χ4v) is 2.34. The van der Waals surface area contributed by atoms with Gasteiger partial charge in [0.2, 0.25) is 0 Å². The van der Waals surface area contributed by atoms with E-state index in [1.807, 2.05) is 6.92 Å². The average molecular weight is 275 g/mol. The maximum atomic E-state index is 13.3. The van der Waals surface area contributed by atoms with Gasteiger partial charge in [0.05, 0.1) is 11.9 Å². The Kier molecular flexibility index (Phi) is 3.00. The number of aromatic nitrogens is 3. The zero-order valence-corrected chi connectivity index (χ0v) is 11.1. The highest BCUT2D eigenvalue weighted by Crippen LogP contribution is 2.32. The second-order valence-corrected chi connectivity index (χ2v) is 4.61. The van der Waals surface area contributed by atoms with Crippen LogP contribution in [0.1, 0.15) is 23.1 Å². The van der Waals surface area contributed by atoms with Gasteiger partial charge in [-0.15, -0.1) is 5.10 Å². The molecule has 1 unspecified atom stereocenters. The van der Waals surface area contributed by atoms with E-state index in [-0.39, 0.29) is 5.82 Å². The standard InChI is InChI=1S/C13H14FN5O/c1-7-9-5-8(14)3-4-11(9)20-13(7)12(17-15)10-6-16-18-19(10)2/h3-6,12,17H,15H2,1-2H3. The van der Waals surface area contributed by atoms with Crippen molar-refractivity contribution in [2.75, 3.05) is 0 Å². The first kappa shape index (κ1) is 12.8. The lowest BCUT2D eigenvalue weighted by Gasteiger charge is -2.13. The summed E-state index contributed by atoms with van der Waals surface area (Å²) in [6, 6.07) is 4.03. The number of hydrogen-bond donors (Lipinski definition) is 2. The number of nitrogens with one attached hydrogen (secondary N) is 1. The quantitative estimate of drug-likeness (QED) is 0.560. The predicted molar refractivity (Wildman–Crippen MR) is 71.1 cm³/mol. The lowest BCUT2D eigenvalue weighted by molar-refractivity contribution is 0.455. The van der Waals surface area contributed by atoms with Crippen LogP contribution in [0, 0.1) is 12.7 Å². The summed E-state index contributed by atoms with van der Waals surface area (Å²) >= 11 is 0. The van der Waals surface area contributed by atoms with Crippen molar-refractivity contribution in [2.45, 2.75) is 13.0 Å². The molecular weight excluding hydrogens is 261 g/mol. The van der Waals surface area contributed by atoms with Gasteiger partial charge in [0.1, 0.15) is 23.2 Å². The molecule has 104 valence electrons. The molecule has 1 atom stereocenters. The first-order valence-corrected chi connectivity index (χ1v) is 6.11. The van der Waals surface area contributed by atoms with E-state index in [0.29, 0.717) is 11.3 Å². The molecule has 0 aliphatic carbocycles. The summed E-state index contributed by atoms with van der Waals surface area (Å²) < 4.78 is 20.8. The van der Waals surface area contributed by atoms with Gasteiger partial charge in [-0.05, 0) is 25.1 Å². The second-order valence-electron chi connectivity index (χ2n) is 4.61. The van der Waals surface area contributed by atoms with Crippen molar-refractivity contribution < 1.29 is 8.81 Å². The number of hydrogen-bond acceptors (Lipinski definition) is 5. The van der Waals surface area contributed by atoms with Crippen molar-refractivity contribution in [1.29, 1.82) is 0 Å². The van der Waals surface area contributed by atoms with Crippen LogP contribution in [0.3, 0.4) is 0 Å². The zero-order chi connectivity index (χ0) is 14.3. The van der Waals surface area contributed by atoms with Crippen LogP contribution in [0.25, 0.3) is 11.0 Å². The van der Waals surface area contributed by atoms with Crippen LogP contribution in [-0.2, 0) is 7.05 Å². The SMILES string of the molecule is Cc1c(C(NN)c2cnnn2C)oc2ccc(F)cc12. The van der Waals surface area contributed by atoms with E-state index < -0.39 is 6.04 Å². The molecule has 1 aromatic carbocycles. The molecule has 3 rings (SSSR count). The van der Waals surface area contributed by atoms with Crippen LogP contribution in [0.15, 0.2) is 28.8 Å². The van der Waals surface area contributed by atoms with Crippen molar-refractivity contribution in [1.82, 2.24) is 20.4 Å². The van der Waals surface area contributed by atoms with Crippen molar-refractivity contribution in [3.05, 3.63) is 47.2 Å². The van der Waals surface area contributed by atoms with Crippen LogP contribution in [0.2, 0.25) is 0 Å². The molecule has 0 spiro atoms. The lowest BCUT2D eigenvalue weighted by Crippen LogP contribution is -2.30. The first-order chi connectivity index (χ1) is 9.61. The van der Waals surface area contributed by atoms with Gasteiger partial charge in [-0.2, -0.15) is 0 Å². The third-order valence-corrected chi connectivity index (χ3v) is 3.41. The Labute approximate surface area is 114 Å². The van der Waals surface area contributed by atoms with E-state index in [4.69, 9.17) is 10.3 Å². The summed E-state index contributed by atoms with van der Waals surface area (Å²) in [7, 11) is 1.77. The molecule has 6 nitrogen and oxygen atoms in total. The van der Waals surface area contributed by atoms with Gasteiger partial charge < -0.3 is 4.42 Å². The molecule has 7 heteroatoms. The van der Waals surface area contributed by atoms with Gasteiger partial charge >= 0.3 is 0 Å². The maximum absolute atomic E-state index is 13.3. The summed E-state index contributed by atoms with van der Waals surface area (Å²) in [5.41, 5.74) is 4.91. The monoisotopic (exact) mass is 275 g/mol. The van der Waals surface area contributed by atoms with Crippen LogP contribution >= 0.6 is 0 Å². The van der Waals surface area contributed by atoms with E-state index in [2.05, 4.69) is 15.7 Å². The van der Waals surface area contributed by atoms with Crippen molar-refractivity contribution in [2.24, 2.45) is 12.9 Å². The number of nitrogens with zero attached hydrogens (tertiary/aromatic N) is 3. The number of nitrogens with two attached hydrogens (primary N) is 1. The van der Waals surface area contributed by atoms with Gasteiger partial charge in [0.25, 0.3) is 0 Å². The number of rotatable bonds is 3. The van der Waals surface area contributed by atoms with E-state index >= 15 is 0 Å². The van der Waals surface area contributed by atoms with Crippen LogP contribution < -0.4 is 11.3 Å². The largest absolute Gasteiger partial charge is 0.459 e. The van der Waals surface area contributed by atoms with Crippen LogP contribution in [-0.4, -0.2) is 15.0 Å². The summed E-state index contributed by atoms with van der Waals surface area (Å²) in [6.45, 7) is 1.87. The predicted octanol–water partition coefficient (Wildman–Crippen LogP) is 1.56. The van der Waals surface area contributed by atoms with Gasteiger partial charge in [-0.3, -0.25) is 10.5 Å². The zero-order valence-electron chi connectivity index (χ0n) is 11.1. The first-order valence-electron chi connectivity index (χ1n) is 6.11. The Morgan fingerprint density at radius 2 is 2.25 bits per heavy atom. The third-order valence-electron chi connectivity index (χ3n) is 3.41. The summed E-state index contributed by atoms with van der Waals surface area (Å²) in [4.78, 5) is 0. The number of hydrazine groups is 1. The Hall–Kier alpha value is -2.25. The van der Waals surface area contributed by atoms with E-state index in [0.717, 1.165) is 16.6 Å². The lowest BCUT2D eigenvalue weighted by atomic mass is 10.1. The second kappa shape index (κ2) is 4.69. The number of halogens is 1. The average Bonchev–Trinajstić information content (AvgIpc) is 2.98. The number of furan rings is 1. The molecular formula is C13H14FN5O. The van der Waals surface area contributed by atoms with Gasteiger partial charge in [-0.1, -0.05) is 5.21 Å². The fraction of sp³-hybridized carbons (Fsp3) is 0.231. The summed E-state index contributed by atoms with van der Waals surface area (Å²) in [6.07, 6.45) is 1.61. The summed E-state index contributed by atoms with van der Waals surface area (Å²) in [5.74, 6) is 5.96. The van der Waals surface area contributed by atoms with Crippen molar-refractivity contribution in [3.63, 3.8) is 0 Å². The van der Waals surface area contributed by atoms with Crippen LogP contribution in [0.5, 0.6) is 0 Å². The minimum Gasteiger partial charge on any atom is -0.459 e. The summed E-state index contributed by atoms with van der Waals surface area (Å²) in [5, 5.41) is 8.44. The molecule has 3 aromatic rings. The molecule has 0 amide bonds. The van der Waals surface area contributed by atoms with Crippen molar-refractivity contribution in [3.8, 4) is 0 Å². The molecule has 0 saturated heterocycles. The molecule has 3 N–H and O–H groups in total. The highest BCUT2D eigenvalue weighted by atomic mass is 19.1. The van der Waals surface area contributed by atoms with Gasteiger partial charge in [-0.25, -0.2) is 9.82 Å². The van der Waals surface area contributed by atoms with Crippen LogP contribution in [0.4, 0.5) is 4.39 Å². The fourth-order valence-electron chi connectivity index (χ4n) is 2.34. The van der Waals surface area contributed by atoms with E-state index in [9.17, 15) is 4.39 Å². The normalized spacial score (nSPS) is 13.0. The number of fused-ring (bicyclic) bond motifs is 1. The molecule has 0 aliphatic rings. The Morgan fingerprint density at radius 1 is 1.45 bits per heavy atom. The minimum atomic E-state index is -0.398. The molecule has 2 heterocycles. The molecule has 0 fully saturated rings. The topological polar surface area (TPSA) is 81.9 Å². The van der Waals surface area contributed by atoms with Gasteiger partial charge in [0.15, 0.2) is 0 Å². The highest BCUT2D eigenvalue weighted by molar-refractivity contribution is 5.82. The molecule has 0 aliphatic heterocycles. The maximum Gasteiger partial charge on any atom is 0.134 e. The van der Waals surface area contributed by atoms with E-state index in [1.54, 1.807) is 24.0 Å². The van der Waals surface area contributed by atoms with Gasteiger partial charge in [0, 0.05) is 18.0 Å². The molecule has 20 heavy (non-hydrogen) atoms. The third kappa shape index (κ3) is 1.87. The molecule has 0 radical (unpaired) electrons. The minimum absolute atomic E-state index is 0.299. The molecule has 0 bridgehead atoms. The Bertz CT molecular complexity index is 763. The highest BCUT2D eigenvalue weighted by Gasteiger charge is 2.24. The van der Waals surface area contributed by atoms with Crippen molar-refractivity contribution >= 4 is 11.0 Å². The molecule has 2 aromatic heterocycles. The Balaban J connectivity index is 2.18. The smallest absolute Gasteiger partial charge is 0.134 e. The Morgan fingerprint density at radius 3 is 2.90 bits per heavy atom.